The minimum absolute atomic E-state index is 0.0907. The zero-order valence-electron chi connectivity index (χ0n) is 67.8. The summed E-state index contributed by atoms with van der Waals surface area (Å²) >= 11 is 0. The van der Waals surface area contributed by atoms with E-state index in [1.54, 1.807) is 109 Å². The minimum Gasteiger partial charge on any atom is -0.507 e. The summed E-state index contributed by atoms with van der Waals surface area (Å²) in [6.45, 7) is -39.7. The van der Waals surface area contributed by atoms with E-state index in [-0.39, 0.29) is 56.3 Å². The van der Waals surface area contributed by atoms with E-state index in [9.17, 15) is 5.11 Å². The molecule has 71 heavy (non-hydrogen) atoms. The molecule has 4 heteroatoms. The lowest BCUT2D eigenvalue weighted by atomic mass is 9.79. The van der Waals surface area contributed by atoms with E-state index >= 15 is 0 Å². The van der Waals surface area contributed by atoms with E-state index in [1.807, 2.05) is 0 Å². The van der Waals surface area contributed by atoms with Gasteiger partial charge in [0.25, 0.3) is 0 Å². The van der Waals surface area contributed by atoms with Crippen molar-refractivity contribution in [1.82, 2.24) is 14.5 Å². The van der Waals surface area contributed by atoms with Crippen LogP contribution in [0.15, 0.2) is 194 Å². The second kappa shape index (κ2) is 18.2. The Hall–Kier alpha value is -7.82. The molecule has 2 aromatic heterocycles. The van der Waals surface area contributed by atoms with E-state index < -0.39 is 124 Å². The molecule has 0 unspecified atom stereocenters. The van der Waals surface area contributed by atoms with Crippen LogP contribution in [0.25, 0.3) is 95.0 Å². The number of fused-ring (bicyclic) bond motifs is 1. The van der Waals surface area contributed by atoms with Crippen molar-refractivity contribution in [2.24, 2.45) is 0 Å². The van der Waals surface area contributed by atoms with Crippen molar-refractivity contribution in [3.8, 4) is 89.7 Å². The van der Waals surface area contributed by atoms with Crippen LogP contribution in [-0.4, -0.2) is 19.6 Å². The van der Waals surface area contributed by atoms with Gasteiger partial charge in [-0.1, -0.05) is 189 Å². The van der Waals surface area contributed by atoms with Crippen molar-refractivity contribution in [1.29, 1.82) is 0 Å². The van der Waals surface area contributed by atoms with Crippen molar-refractivity contribution >= 4 is 11.0 Å². The summed E-state index contributed by atoms with van der Waals surface area (Å²) in [6, 6.07) is 47.3. The number of aromatic nitrogens is 3. The topological polar surface area (TPSA) is 50.9 Å². The molecule has 10 rings (SSSR count). The summed E-state index contributed by atoms with van der Waals surface area (Å²) in [7, 11) is 0. The predicted molar refractivity (Wildman–Crippen MR) is 299 cm³/mol. The number of benzene rings is 8. The zero-order chi connectivity index (χ0) is 74.8. The fourth-order valence-corrected chi connectivity index (χ4v) is 9.01. The summed E-state index contributed by atoms with van der Waals surface area (Å²) in [6.07, 6.45) is 1.34. The summed E-state index contributed by atoms with van der Waals surface area (Å²) < 4.78 is 266. The number of pyridine rings is 1. The average molecular weight is 956 g/mol. The first-order valence-corrected chi connectivity index (χ1v) is 22.4. The van der Waals surface area contributed by atoms with Gasteiger partial charge in [0.1, 0.15) is 11.6 Å². The predicted octanol–water partition coefficient (Wildman–Crippen LogP) is 18.0. The third-order valence-electron chi connectivity index (χ3n) is 12.5. The molecular formula is C67H63N3O. The Morgan fingerprint density at radius 1 is 0.437 bits per heavy atom. The van der Waals surface area contributed by atoms with Crippen molar-refractivity contribution in [3.05, 3.63) is 217 Å². The van der Waals surface area contributed by atoms with Crippen LogP contribution in [0.2, 0.25) is 0 Å². The number of hydrogen-bond donors (Lipinski definition) is 1. The highest BCUT2D eigenvalue weighted by molar-refractivity contribution is 5.98. The Kier molecular flexibility index (Phi) is 5.99. The Morgan fingerprint density at radius 2 is 1.04 bits per heavy atom. The summed E-state index contributed by atoms with van der Waals surface area (Å²) in [5.74, 6) is -2.37. The van der Waals surface area contributed by atoms with Gasteiger partial charge in [-0.3, -0.25) is 9.55 Å². The second-order valence-corrected chi connectivity index (χ2v) is 17.4. The van der Waals surface area contributed by atoms with Gasteiger partial charge in [-0.25, -0.2) is 4.98 Å². The van der Waals surface area contributed by atoms with Gasteiger partial charge in [0.2, 0.25) is 0 Å². The molecule has 10 aromatic rings. The maximum atomic E-state index is 13.1. The molecule has 0 aliphatic rings. The third-order valence-corrected chi connectivity index (χ3v) is 12.5. The number of rotatable bonds is 8. The first-order chi connectivity index (χ1) is 46.4. The lowest BCUT2D eigenvalue weighted by Crippen LogP contribution is -2.17. The highest BCUT2D eigenvalue weighted by atomic mass is 16.3. The molecule has 0 spiro atoms. The second-order valence-electron chi connectivity index (χ2n) is 17.4. The SMILES string of the molecule is [2H]C([2H])([2H])c1cc(-c2ccccc2)ccc1-n1c(-c2cc(C(C([2H])([2H])[2H])(C([2H])([2H])[2H])C([2H])([2H])[2H])cc(C(C([2H])([2H])[2H])(C([2H])([2H])[2H])C([2H])([2H])[2H])c2O)nc2c(-c3cc(-c4ccccc4)cc(-c4cc(-c5cc(-c6ccccc6)ccc5C(C([2H])([2H])[2H])(C([2H])([2H])[2H])C([2H])([2H])[2H])ccn4)c3)cccc21. The van der Waals surface area contributed by atoms with Crippen molar-refractivity contribution in [2.45, 2.75) is 84.8 Å². The van der Waals surface area contributed by atoms with E-state index in [0.29, 0.717) is 39.4 Å². The summed E-state index contributed by atoms with van der Waals surface area (Å²) in [5, 5.41) is 13.1. The van der Waals surface area contributed by atoms with Gasteiger partial charge in [-0.15, -0.1) is 0 Å². The number of imidazole rings is 1. The van der Waals surface area contributed by atoms with Gasteiger partial charge in [0.05, 0.1) is 28.0 Å². The molecule has 1 N–H and O–H groups in total. The highest BCUT2D eigenvalue weighted by Crippen LogP contribution is 2.46. The number of phenols is 1. The van der Waals surface area contributed by atoms with Gasteiger partial charge in [-0.05, 0) is 151 Å². The number of aryl methyl sites for hydroxylation is 1. The molecule has 4 nitrogen and oxygen atoms in total. The summed E-state index contributed by atoms with van der Waals surface area (Å²) in [4.78, 5) is 9.76. The summed E-state index contributed by atoms with van der Waals surface area (Å²) in [5.41, 5.74) is -14.0. The first-order valence-electron chi connectivity index (χ1n) is 37.4. The molecule has 0 atom stereocenters. The molecule has 0 aliphatic carbocycles. The normalized spacial score (nSPS) is 20.2. The molecule has 0 saturated heterocycles. The zero-order valence-corrected chi connectivity index (χ0v) is 37.8. The molecule has 352 valence electrons. The Bertz CT molecular complexity index is 4630. The van der Waals surface area contributed by atoms with E-state index in [2.05, 4.69) is 0 Å². The quantitative estimate of drug-likeness (QED) is 0.165. The van der Waals surface area contributed by atoms with E-state index in [1.165, 1.54) is 72.9 Å². The molecule has 0 amide bonds. The van der Waals surface area contributed by atoms with Gasteiger partial charge in [0, 0.05) is 64.0 Å². The molecular weight excluding hydrogens is 863 g/mol. The first kappa shape index (κ1) is 23.4. The smallest absolute Gasteiger partial charge is 0.149 e. The van der Waals surface area contributed by atoms with Gasteiger partial charge >= 0.3 is 0 Å². The molecule has 2 heterocycles. The van der Waals surface area contributed by atoms with Crippen molar-refractivity contribution in [2.75, 3.05) is 0 Å². The van der Waals surface area contributed by atoms with E-state index in [4.69, 9.17) is 51.1 Å². The number of phenolic OH excluding ortho intramolecular Hbond substituents is 1. The average Bonchev–Trinajstić information content (AvgIpc) is 1.14. The fourth-order valence-electron chi connectivity index (χ4n) is 9.01. The van der Waals surface area contributed by atoms with Crippen molar-refractivity contribution < 1.29 is 46.2 Å². The molecule has 0 bridgehead atoms. The third kappa shape index (κ3) is 9.23. The van der Waals surface area contributed by atoms with Gasteiger partial charge in [0.15, 0.2) is 0 Å². The molecule has 8 aromatic carbocycles. The van der Waals surface area contributed by atoms with Gasteiger partial charge < -0.3 is 5.11 Å². The van der Waals surface area contributed by atoms with Crippen LogP contribution in [0.3, 0.4) is 0 Å². The lowest BCUT2D eigenvalue weighted by Gasteiger charge is -2.27. The number of nitrogens with zero attached hydrogens (tertiary/aromatic N) is 3. The standard InChI is InChI=1S/C67H63N3O/c1-43-35-47(44-21-14-11-15-22-44)30-32-60(43)70-61-28-20-27-54(62(61)69-64(70)56-41-53(65(2,3)4)42-58(63(56)71)67(8,9)10)51-36-50(46-25-18-13-19-26-46)37-52(38-51)59-40-49(33-34-68-59)55-39-48(45-23-16-12-17-24-45)29-31-57(55)66(5,6)7/h11-42,71H,1-10H3/i1D3,2D3,3D3,4D3,5D3,6D3,7D3,8D3,9D3,10D3. The van der Waals surface area contributed by atoms with Gasteiger partial charge in [-0.2, -0.15) is 0 Å². The Balaban J connectivity index is 1.37. The fraction of sp³-hybridized carbons (Fsp3) is 0.194. The molecule has 0 fully saturated rings. The van der Waals surface area contributed by atoms with Crippen molar-refractivity contribution in [3.63, 3.8) is 0 Å². The number of aromatic hydroxyl groups is 1. The molecule has 0 saturated carbocycles. The number of para-hydroxylation sites is 1. The number of hydrogen-bond acceptors (Lipinski definition) is 3. The largest absolute Gasteiger partial charge is 0.507 e. The lowest BCUT2D eigenvalue weighted by molar-refractivity contribution is 0.446. The van der Waals surface area contributed by atoms with Crippen LogP contribution in [0.5, 0.6) is 5.75 Å². The Labute approximate surface area is 462 Å². The Morgan fingerprint density at radius 3 is 1.70 bits per heavy atom. The minimum atomic E-state index is -4.33. The van der Waals surface area contributed by atoms with Crippen LogP contribution in [0.1, 0.15) is 125 Å². The van der Waals surface area contributed by atoms with Crippen LogP contribution in [0.4, 0.5) is 0 Å². The van der Waals surface area contributed by atoms with E-state index in [0.717, 1.165) is 4.57 Å². The van der Waals surface area contributed by atoms with Crippen LogP contribution in [0, 0.1) is 6.85 Å². The van der Waals surface area contributed by atoms with Crippen LogP contribution < -0.4 is 0 Å². The maximum absolute atomic E-state index is 13.1. The van der Waals surface area contributed by atoms with Crippen LogP contribution >= 0.6 is 0 Å². The molecule has 0 aliphatic heterocycles. The monoisotopic (exact) mass is 956 g/mol. The molecule has 0 radical (unpaired) electrons. The maximum Gasteiger partial charge on any atom is 0.149 e. The highest BCUT2D eigenvalue weighted by Gasteiger charge is 2.29. The van der Waals surface area contributed by atoms with Crippen LogP contribution in [-0.2, 0) is 16.2 Å².